The number of aromatic nitrogens is 2. The monoisotopic (exact) mass is 284 g/mol. The minimum absolute atomic E-state index is 0.315. The number of phenols is 1. The lowest BCUT2D eigenvalue weighted by molar-refractivity contribution is 0.475. The molecule has 2 aromatic rings. The number of hydrogen-bond acceptors (Lipinski definition) is 5. The zero-order chi connectivity index (χ0) is 14.8. The van der Waals surface area contributed by atoms with E-state index in [1.165, 1.54) is 11.1 Å². The maximum atomic E-state index is 9.59. The first-order valence-electron chi connectivity index (χ1n) is 7.23. The Morgan fingerprint density at radius 2 is 1.76 bits per heavy atom. The van der Waals surface area contributed by atoms with Crippen molar-refractivity contribution in [1.82, 2.24) is 10.2 Å². The van der Waals surface area contributed by atoms with Crippen LogP contribution in [0.15, 0.2) is 30.5 Å². The van der Waals surface area contributed by atoms with Gasteiger partial charge < -0.3 is 14.9 Å². The van der Waals surface area contributed by atoms with Crippen molar-refractivity contribution in [2.24, 2.45) is 0 Å². The predicted octanol–water partition coefficient (Wildman–Crippen LogP) is 2.13. The minimum atomic E-state index is 0.315. The first-order valence-corrected chi connectivity index (χ1v) is 7.23. The summed E-state index contributed by atoms with van der Waals surface area (Å²) in [6.45, 7) is 7.82. The Hall–Kier alpha value is -2.30. The first kappa shape index (κ1) is 13.7. The fourth-order valence-electron chi connectivity index (χ4n) is 2.68. The van der Waals surface area contributed by atoms with E-state index in [1.807, 2.05) is 24.4 Å². The van der Waals surface area contributed by atoms with Crippen LogP contribution >= 0.6 is 0 Å². The summed E-state index contributed by atoms with van der Waals surface area (Å²) in [5.74, 6) is 1.31. The van der Waals surface area contributed by atoms with Gasteiger partial charge in [0.25, 0.3) is 0 Å². The Morgan fingerprint density at radius 1 is 1.05 bits per heavy atom. The molecule has 1 fully saturated rings. The summed E-state index contributed by atoms with van der Waals surface area (Å²) in [4.78, 5) is 4.57. The van der Waals surface area contributed by atoms with Gasteiger partial charge in [-0.15, -0.1) is 5.10 Å². The third-order valence-electron chi connectivity index (χ3n) is 4.10. The molecule has 0 aliphatic carbocycles. The lowest BCUT2D eigenvalue weighted by atomic mass is 10.1. The molecule has 21 heavy (non-hydrogen) atoms. The molecule has 0 amide bonds. The van der Waals surface area contributed by atoms with Crippen molar-refractivity contribution in [3.8, 4) is 5.75 Å². The van der Waals surface area contributed by atoms with Gasteiger partial charge in [-0.2, -0.15) is 5.10 Å². The molecule has 1 aliphatic heterocycles. The molecule has 0 atom stereocenters. The normalized spacial score (nSPS) is 15.3. The van der Waals surface area contributed by atoms with Crippen LogP contribution in [0.4, 0.5) is 11.5 Å². The SMILES string of the molecule is Cc1cnnc(N2CCN(c3cccc(O)c3)CC2)c1C. The highest BCUT2D eigenvalue weighted by Gasteiger charge is 2.20. The van der Waals surface area contributed by atoms with Crippen molar-refractivity contribution in [3.63, 3.8) is 0 Å². The molecule has 1 aromatic heterocycles. The smallest absolute Gasteiger partial charge is 0.154 e. The molecule has 3 rings (SSSR count). The van der Waals surface area contributed by atoms with Crippen molar-refractivity contribution in [1.29, 1.82) is 0 Å². The Morgan fingerprint density at radius 3 is 2.48 bits per heavy atom. The summed E-state index contributed by atoms with van der Waals surface area (Å²) in [6, 6.07) is 7.43. The molecular weight excluding hydrogens is 264 g/mol. The fourth-order valence-corrected chi connectivity index (χ4v) is 2.68. The number of anilines is 2. The van der Waals surface area contributed by atoms with Crippen molar-refractivity contribution < 1.29 is 5.11 Å². The van der Waals surface area contributed by atoms with Crippen LogP contribution in [0.5, 0.6) is 5.75 Å². The number of rotatable bonds is 2. The van der Waals surface area contributed by atoms with E-state index >= 15 is 0 Å². The summed E-state index contributed by atoms with van der Waals surface area (Å²) < 4.78 is 0. The Kier molecular flexibility index (Phi) is 3.64. The Balaban J connectivity index is 1.72. The van der Waals surface area contributed by atoms with Gasteiger partial charge in [0.15, 0.2) is 5.82 Å². The highest BCUT2D eigenvalue weighted by molar-refractivity contribution is 5.54. The van der Waals surface area contributed by atoms with Gasteiger partial charge in [0, 0.05) is 37.9 Å². The second kappa shape index (κ2) is 5.60. The summed E-state index contributed by atoms with van der Waals surface area (Å²) in [7, 11) is 0. The largest absolute Gasteiger partial charge is 0.508 e. The zero-order valence-electron chi connectivity index (χ0n) is 12.5. The summed E-state index contributed by atoms with van der Waals surface area (Å²) in [5.41, 5.74) is 3.45. The molecule has 5 nitrogen and oxygen atoms in total. The van der Waals surface area contributed by atoms with E-state index in [2.05, 4.69) is 33.8 Å². The van der Waals surface area contributed by atoms with Gasteiger partial charge in [0.1, 0.15) is 5.75 Å². The second-order valence-corrected chi connectivity index (χ2v) is 5.47. The second-order valence-electron chi connectivity index (χ2n) is 5.47. The standard InChI is InChI=1S/C16H20N4O/c1-12-11-17-18-16(13(12)2)20-8-6-19(7-9-20)14-4-3-5-15(21)10-14/h3-5,10-11,21H,6-9H2,1-2H3. The van der Waals surface area contributed by atoms with Gasteiger partial charge in [-0.05, 0) is 37.1 Å². The zero-order valence-corrected chi connectivity index (χ0v) is 12.5. The van der Waals surface area contributed by atoms with Crippen LogP contribution in [0.25, 0.3) is 0 Å². The number of hydrogen-bond donors (Lipinski definition) is 1. The van der Waals surface area contributed by atoms with Gasteiger partial charge >= 0.3 is 0 Å². The summed E-state index contributed by atoms with van der Waals surface area (Å²) >= 11 is 0. The van der Waals surface area contributed by atoms with Crippen LogP contribution in [0.1, 0.15) is 11.1 Å². The molecule has 1 N–H and O–H groups in total. The molecule has 1 saturated heterocycles. The van der Waals surface area contributed by atoms with Crippen LogP contribution in [0, 0.1) is 13.8 Å². The van der Waals surface area contributed by atoms with E-state index in [9.17, 15) is 5.11 Å². The van der Waals surface area contributed by atoms with E-state index in [1.54, 1.807) is 6.07 Å². The molecule has 0 spiro atoms. The number of piperazine rings is 1. The van der Waals surface area contributed by atoms with Crippen molar-refractivity contribution in [2.45, 2.75) is 13.8 Å². The number of nitrogens with zero attached hydrogens (tertiary/aromatic N) is 4. The molecule has 0 saturated carbocycles. The van der Waals surface area contributed by atoms with E-state index in [0.29, 0.717) is 5.75 Å². The highest BCUT2D eigenvalue weighted by atomic mass is 16.3. The Labute approximate surface area is 124 Å². The number of aromatic hydroxyl groups is 1. The molecular formula is C16H20N4O. The predicted molar refractivity (Wildman–Crippen MR) is 84.0 cm³/mol. The van der Waals surface area contributed by atoms with Crippen LogP contribution in [-0.2, 0) is 0 Å². The molecule has 110 valence electrons. The molecule has 0 unspecified atom stereocenters. The Bertz CT molecular complexity index is 636. The van der Waals surface area contributed by atoms with Gasteiger partial charge in [0.05, 0.1) is 6.20 Å². The fraction of sp³-hybridized carbons (Fsp3) is 0.375. The third kappa shape index (κ3) is 2.77. The number of aryl methyl sites for hydroxylation is 1. The lowest BCUT2D eigenvalue weighted by Gasteiger charge is -2.37. The average molecular weight is 284 g/mol. The molecule has 1 aliphatic rings. The maximum absolute atomic E-state index is 9.59. The van der Waals surface area contributed by atoms with Crippen LogP contribution in [0.2, 0.25) is 0 Å². The van der Waals surface area contributed by atoms with Gasteiger partial charge in [-0.3, -0.25) is 0 Å². The third-order valence-corrected chi connectivity index (χ3v) is 4.10. The molecule has 0 radical (unpaired) electrons. The lowest BCUT2D eigenvalue weighted by Crippen LogP contribution is -2.47. The molecule has 2 heterocycles. The van der Waals surface area contributed by atoms with Crippen molar-refractivity contribution >= 4 is 11.5 Å². The van der Waals surface area contributed by atoms with Crippen LogP contribution in [-0.4, -0.2) is 41.5 Å². The van der Waals surface area contributed by atoms with Crippen molar-refractivity contribution in [3.05, 3.63) is 41.6 Å². The maximum Gasteiger partial charge on any atom is 0.154 e. The topological polar surface area (TPSA) is 52.5 Å². The van der Waals surface area contributed by atoms with Gasteiger partial charge in [-0.25, -0.2) is 0 Å². The quantitative estimate of drug-likeness (QED) is 0.915. The average Bonchev–Trinajstić information content (AvgIpc) is 2.50. The van der Waals surface area contributed by atoms with E-state index < -0.39 is 0 Å². The van der Waals surface area contributed by atoms with Crippen LogP contribution < -0.4 is 9.80 Å². The van der Waals surface area contributed by atoms with E-state index in [4.69, 9.17) is 0 Å². The molecule has 5 heteroatoms. The number of benzene rings is 1. The number of phenolic OH excluding ortho intramolecular Hbond substituents is 1. The van der Waals surface area contributed by atoms with Gasteiger partial charge in [-0.1, -0.05) is 6.07 Å². The summed E-state index contributed by atoms with van der Waals surface area (Å²) in [6.07, 6.45) is 1.81. The molecule has 1 aromatic carbocycles. The summed E-state index contributed by atoms with van der Waals surface area (Å²) in [5, 5.41) is 17.9. The van der Waals surface area contributed by atoms with E-state index in [0.717, 1.165) is 37.7 Å². The first-order chi connectivity index (χ1) is 10.1. The van der Waals surface area contributed by atoms with Crippen LogP contribution in [0.3, 0.4) is 0 Å². The molecule has 0 bridgehead atoms. The highest BCUT2D eigenvalue weighted by Crippen LogP contribution is 2.24. The van der Waals surface area contributed by atoms with E-state index in [-0.39, 0.29) is 0 Å². The van der Waals surface area contributed by atoms with Gasteiger partial charge in [0.2, 0.25) is 0 Å². The van der Waals surface area contributed by atoms with Crippen molar-refractivity contribution in [2.75, 3.05) is 36.0 Å². The minimum Gasteiger partial charge on any atom is -0.508 e.